The van der Waals surface area contributed by atoms with E-state index in [2.05, 4.69) is 4.98 Å². The first-order chi connectivity index (χ1) is 12.7. The molecule has 0 bridgehead atoms. The van der Waals surface area contributed by atoms with Crippen molar-refractivity contribution in [1.82, 2.24) is 9.38 Å². The zero-order valence-electron chi connectivity index (χ0n) is 14.5. The number of para-hydroxylation sites is 1. The summed E-state index contributed by atoms with van der Waals surface area (Å²) in [5, 5.41) is 0. The standard InChI is InChI=1S/C22H19N3O/c1-17-15-24-13-12-19(14-21(24)23-17)22(26)25(20-10-6-3-7-11-20)16-18-8-4-2-5-9-18/h2-15H,16H2,1H3. The van der Waals surface area contributed by atoms with Crippen LogP contribution >= 0.6 is 0 Å². The minimum Gasteiger partial charge on any atom is -0.307 e. The highest BCUT2D eigenvalue weighted by Crippen LogP contribution is 2.20. The maximum atomic E-state index is 13.3. The lowest BCUT2D eigenvalue weighted by atomic mass is 10.1. The number of amides is 1. The van der Waals surface area contributed by atoms with Crippen molar-refractivity contribution in [3.8, 4) is 0 Å². The van der Waals surface area contributed by atoms with Crippen molar-refractivity contribution in [3.05, 3.63) is 102 Å². The highest BCUT2D eigenvalue weighted by molar-refractivity contribution is 6.06. The molecule has 1 amide bonds. The quantitative estimate of drug-likeness (QED) is 0.548. The number of nitrogens with zero attached hydrogens (tertiary/aromatic N) is 3. The van der Waals surface area contributed by atoms with E-state index >= 15 is 0 Å². The van der Waals surface area contributed by atoms with Crippen LogP contribution in [0.1, 0.15) is 21.6 Å². The van der Waals surface area contributed by atoms with Crippen molar-refractivity contribution >= 4 is 17.2 Å². The molecule has 0 saturated heterocycles. The number of aromatic nitrogens is 2. The zero-order valence-corrected chi connectivity index (χ0v) is 14.5. The van der Waals surface area contributed by atoms with Gasteiger partial charge in [-0.3, -0.25) is 4.79 Å². The Morgan fingerprint density at radius 1 is 1.00 bits per heavy atom. The Kier molecular flexibility index (Phi) is 4.23. The van der Waals surface area contributed by atoms with Gasteiger partial charge in [-0.25, -0.2) is 4.98 Å². The van der Waals surface area contributed by atoms with Gasteiger partial charge in [-0.1, -0.05) is 48.5 Å². The minimum absolute atomic E-state index is 0.0387. The van der Waals surface area contributed by atoms with Gasteiger partial charge in [0.15, 0.2) is 0 Å². The normalized spacial score (nSPS) is 10.8. The molecule has 0 radical (unpaired) electrons. The van der Waals surface area contributed by atoms with Crippen LogP contribution in [0.15, 0.2) is 85.2 Å². The lowest BCUT2D eigenvalue weighted by Crippen LogP contribution is -2.30. The van der Waals surface area contributed by atoms with Crippen LogP contribution in [-0.4, -0.2) is 15.3 Å². The van der Waals surface area contributed by atoms with Gasteiger partial charge in [-0.2, -0.15) is 0 Å². The molecule has 0 unspecified atom stereocenters. The fourth-order valence-electron chi connectivity index (χ4n) is 3.05. The summed E-state index contributed by atoms with van der Waals surface area (Å²) in [6, 6.07) is 23.5. The van der Waals surface area contributed by atoms with E-state index in [9.17, 15) is 4.79 Å². The molecule has 4 nitrogen and oxygen atoms in total. The molecule has 0 spiro atoms. The van der Waals surface area contributed by atoms with E-state index in [0.717, 1.165) is 22.6 Å². The Balaban J connectivity index is 1.72. The summed E-state index contributed by atoms with van der Waals surface area (Å²) in [4.78, 5) is 19.6. The van der Waals surface area contributed by atoms with Crippen LogP contribution in [0.2, 0.25) is 0 Å². The molecule has 2 aromatic carbocycles. The molecule has 0 aliphatic heterocycles. The van der Waals surface area contributed by atoms with Crippen LogP contribution in [0.4, 0.5) is 5.69 Å². The monoisotopic (exact) mass is 341 g/mol. The van der Waals surface area contributed by atoms with Gasteiger partial charge in [0, 0.05) is 23.6 Å². The van der Waals surface area contributed by atoms with Crippen molar-refractivity contribution in [3.63, 3.8) is 0 Å². The molecule has 2 heterocycles. The maximum Gasteiger partial charge on any atom is 0.258 e. The average molecular weight is 341 g/mol. The summed E-state index contributed by atoms with van der Waals surface area (Å²) in [6.45, 7) is 2.46. The number of rotatable bonds is 4. The lowest BCUT2D eigenvalue weighted by molar-refractivity contribution is 0.0985. The third-order valence-corrected chi connectivity index (χ3v) is 4.32. The highest BCUT2D eigenvalue weighted by Gasteiger charge is 2.18. The third kappa shape index (κ3) is 3.22. The Morgan fingerprint density at radius 3 is 2.42 bits per heavy atom. The van der Waals surface area contributed by atoms with E-state index in [1.807, 2.05) is 96.5 Å². The van der Waals surface area contributed by atoms with Gasteiger partial charge in [-0.05, 0) is 36.8 Å². The first kappa shape index (κ1) is 16.1. The van der Waals surface area contributed by atoms with Crippen LogP contribution in [0, 0.1) is 6.92 Å². The molecule has 4 aromatic rings. The van der Waals surface area contributed by atoms with E-state index in [1.54, 1.807) is 4.90 Å². The van der Waals surface area contributed by atoms with Crippen LogP contribution in [0.5, 0.6) is 0 Å². The van der Waals surface area contributed by atoms with Crippen LogP contribution in [0.3, 0.4) is 0 Å². The second kappa shape index (κ2) is 6.84. The smallest absolute Gasteiger partial charge is 0.258 e. The van der Waals surface area contributed by atoms with Crippen LogP contribution in [-0.2, 0) is 6.54 Å². The fraction of sp³-hybridized carbons (Fsp3) is 0.0909. The molecule has 0 fully saturated rings. The third-order valence-electron chi connectivity index (χ3n) is 4.32. The largest absolute Gasteiger partial charge is 0.307 e. The summed E-state index contributed by atoms with van der Waals surface area (Å²) < 4.78 is 1.93. The second-order valence-electron chi connectivity index (χ2n) is 6.28. The molecule has 4 heteroatoms. The molecule has 0 aliphatic rings. The summed E-state index contributed by atoms with van der Waals surface area (Å²) in [7, 11) is 0. The number of pyridine rings is 1. The fourth-order valence-corrected chi connectivity index (χ4v) is 3.05. The van der Waals surface area contributed by atoms with Crippen molar-refractivity contribution in [2.24, 2.45) is 0 Å². The SMILES string of the molecule is Cc1cn2ccc(C(=O)N(Cc3ccccc3)c3ccccc3)cc2n1. The lowest BCUT2D eigenvalue weighted by Gasteiger charge is -2.23. The minimum atomic E-state index is -0.0387. The predicted octanol–water partition coefficient (Wildman–Crippen LogP) is 4.49. The molecule has 4 rings (SSSR count). The number of fused-ring (bicyclic) bond motifs is 1. The van der Waals surface area contributed by atoms with Crippen LogP contribution < -0.4 is 4.90 Å². The number of benzene rings is 2. The second-order valence-corrected chi connectivity index (χ2v) is 6.28. The summed E-state index contributed by atoms with van der Waals surface area (Å²) in [5.41, 5.74) is 4.30. The van der Waals surface area contributed by atoms with Crippen molar-refractivity contribution in [1.29, 1.82) is 0 Å². The Hall–Kier alpha value is -3.40. The summed E-state index contributed by atoms with van der Waals surface area (Å²) >= 11 is 0. The van der Waals surface area contributed by atoms with Gasteiger partial charge in [0.05, 0.1) is 12.2 Å². The van der Waals surface area contributed by atoms with E-state index in [1.165, 1.54) is 0 Å². The summed E-state index contributed by atoms with van der Waals surface area (Å²) in [5.74, 6) is -0.0387. The Bertz CT molecular complexity index is 1040. The zero-order chi connectivity index (χ0) is 17.9. The first-order valence-electron chi connectivity index (χ1n) is 8.57. The highest BCUT2D eigenvalue weighted by atomic mass is 16.2. The van der Waals surface area contributed by atoms with E-state index in [4.69, 9.17) is 0 Å². The number of imidazole rings is 1. The van der Waals surface area contributed by atoms with Gasteiger partial charge >= 0.3 is 0 Å². The van der Waals surface area contributed by atoms with E-state index < -0.39 is 0 Å². The molecule has 0 N–H and O–H groups in total. The van der Waals surface area contributed by atoms with E-state index in [0.29, 0.717) is 12.1 Å². The molecule has 2 aromatic heterocycles. The predicted molar refractivity (Wildman–Crippen MR) is 103 cm³/mol. The molecule has 0 atom stereocenters. The number of carbonyl (C=O) groups is 1. The molecule has 0 saturated carbocycles. The summed E-state index contributed by atoms with van der Waals surface area (Å²) in [6.07, 6.45) is 3.83. The topological polar surface area (TPSA) is 37.6 Å². The molecule has 0 aliphatic carbocycles. The van der Waals surface area contributed by atoms with Gasteiger partial charge < -0.3 is 9.30 Å². The van der Waals surface area contributed by atoms with Crippen molar-refractivity contribution in [2.45, 2.75) is 13.5 Å². The average Bonchev–Trinajstić information content (AvgIpc) is 3.06. The first-order valence-corrected chi connectivity index (χ1v) is 8.57. The van der Waals surface area contributed by atoms with Crippen molar-refractivity contribution < 1.29 is 4.79 Å². The van der Waals surface area contributed by atoms with Gasteiger partial charge in [0.2, 0.25) is 0 Å². The Labute approximate surface area is 152 Å². The number of hydrogen-bond donors (Lipinski definition) is 0. The van der Waals surface area contributed by atoms with Crippen molar-refractivity contribution in [2.75, 3.05) is 4.90 Å². The van der Waals surface area contributed by atoms with E-state index in [-0.39, 0.29) is 5.91 Å². The Morgan fingerprint density at radius 2 is 1.69 bits per heavy atom. The van der Waals surface area contributed by atoms with Crippen LogP contribution in [0.25, 0.3) is 5.65 Å². The van der Waals surface area contributed by atoms with Gasteiger partial charge in [0.1, 0.15) is 5.65 Å². The van der Waals surface area contributed by atoms with Gasteiger partial charge in [0.25, 0.3) is 5.91 Å². The number of anilines is 1. The number of aryl methyl sites for hydroxylation is 1. The molecular weight excluding hydrogens is 322 g/mol. The molecular formula is C22H19N3O. The maximum absolute atomic E-state index is 13.3. The number of hydrogen-bond acceptors (Lipinski definition) is 2. The molecule has 128 valence electrons. The molecule has 26 heavy (non-hydrogen) atoms. The number of carbonyl (C=O) groups excluding carboxylic acids is 1. The van der Waals surface area contributed by atoms with Gasteiger partial charge in [-0.15, -0.1) is 0 Å².